The number of ether oxygens (including phenoxy) is 2. The monoisotopic (exact) mass is 424 g/mol. The molecule has 1 N–H and O–H groups in total. The number of hydrogen-bond acceptors (Lipinski definition) is 5. The quantitative estimate of drug-likeness (QED) is 0.453. The summed E-state index contributed by atoms with van der Waals surface area (Å²) in [6, 6.07) is 11.1. The van der Waals surface area contributed by atoms with Crippen LogP contribution < -0.4 is 10.1 Å². The van der Waals surface area contributed by atoms with Crippen LogP contribution in [0.1, 0.15) is 77.0 Å². The zero-order valence-electron chi connectivity index (χ0n) is 18.5. The van der Waals surface area contributed by atoms with Crippen molar-refractivity contribution in [2.24, 2.45) is 0 Å². The van der Waals surface area contributed by atoms with Crippen molar-refractivity contribution in [2.45, 2.75) is 57.5 Å². The molecule has 0 saturated carbocycles. The Labute approximate surface area is 184 Å². The number of methoxy groups -OCH3 is 1. The Morgan fingerprint density at radius 2 is 2.06 bits per heavy atom. The molecule has 1 aromatic heterocycles. The molecule has 0 bridgehead atoms. The summed E-state index contributed by atoms with van der Waals surface area (Å²) in [5.74, 6) is 0.512. The predicted molar refractivity (Wildman–Crippen MR) is 120 cm³/mol. The van der Waals surface area contributed by atoms with Crippen molar-refractivity contribution in [3.05, 3.63) is 58.9 Å². The van der Waals surface area contributed by atoms with Crippen molar-refractivity contribution in [1.82, 2.24) is 10.3 Å². The molecule has 0 aliphatic carbocycles. The highest BCUT2D eigenvalue weighted by molar-refractivity contribution is 5.99. The van der Waals surface area contributed by atoms with E-state index in [0.717, 1.165) is 50.0 Å². The third-order valence-electron chi connectivity index (χ3n) is 5.63. The normalized spacial score (nSPS) is 16.0. The number of carbonyl (C=O) groups excluding carboxylic acids is 2. The summed E-state index contributed by atoms with van der Waals surface area (Å²) in [6.45, 7) is 0.860. The van der Waals surface area contributed by atoms with Crippen LogP contribution in [0.25, 0.3) is 0 Å². The number of aromatic nitrogens is 1. The van der Waals surface area contributed by atoms with Gasteiger partial charge in [-0.1, -0.05) is 18.6 Å². The summed E-state index contributed by atoms with van der Waals surface area (Å²) in [5.41, 5.74) is 2.50. The van der Waals surface area contributed by atoms with E-state index >= 15 is 0 Å². The average molecular weight is 425 g/mol. The number of Topliss-reactive ketones (excluding diaryl/α,β-unsaturated/α-hetero) is 1. The maximum absolute atomic E-state index is 12.9. The Kier molecular flexibility index (Phi) is 8.59. The summed E-state index contributed by atoms with van der Waals surface area (Å²) in [6.07, 6.45) is 7.64. The molecule has 6 heteroatoms. The van der Waals surface area contributed by atoms with E-state index in [1.165, 1.54) is 6.42 Å². The Balaban J connectivity index is 1.66. The molecule has 1 aliphatic heterocycles. The van der Waals surface area contributed by atoms with Gasteiger partial charge in [-0.2, -0.15) is 0 Å². The van der Waals surface area contributed by atoms with E-state index < -0.39 is 0 Å². The summed E-state index contributed by atoms with van der Waals surface area (Å²) in [7, 11) is 3.19. The first-order valence-electron chi connectivity index (χ1n) is 11.1. The van der Waals surface area contributed by atoms with Gasteiger partial charge in [0.2, 0.25) is 0 Å². The summed E-state index contributed by atoms with van der Waals surface area (Å²) >= 11 is 0. The molecule has 31 heavy (non-hydrogen) atoms. The molecule has 1 fully saturated rings. The van der Waals surface area contributed by atoms with Crippen LogP contribution in [0.2, 0.25) is 0 Å². The average Bonchev–Trinajstić information content (AvgIpc) is 2.81. The van der Waals surface area contributed by atoms with Crippen LogP contribution in [0.15, 0.2) is 36.4 Å². The molecule has 0 spiro atoms. The fourth-order valence-electron chi connectivity index (χ4n) is 3.91. The molecule has 1 aromatic carbocycles. The number of ketones is 1. The zero-order chi connectivity index (χ0) is 22.1. The van der Waals surface area contributed by atoms with E-state index in [2.05, 4.69) is 10.3 Å². The molecular weight excluding hydrogens is 392 g/mol. The lowest BCUT2D eigenvalue weighted by molar-refractivity contribution is 0.00979. The SMILES string of the molecule is CNC(=O)c1cc(C(=O)CCCC[C@@H]2CCCCO2)cc(Cc2cccc(OC)c2)n1. The smallest absolute Gasteiger partial charge is 0.269 e. The van der Waals surface area contributed by atoms with Gasteiger partial charge in [0.15, 0.2) is 5.78 Å². The Hall–Kier alpha value is -2.73. The minimum atomic E-state index is -0.295. The molecule has 1 aliphatic rings. The third kappa shape index (κ3) is 6.89. The molecule has 3 rings (SSSR count). The number of carbonyl (C=O) groups is 2. The standard InChI is InChI=1S/C25H32N2O4/c1-26-25(29)23-17-19(24(28)12-4-3-9-21-10-5-6-13-31-21)16-20(27-23)14-18-8-7-11-22(15-18)30-2/h7-8,11,15-17,21H,3-6,9-10,12-14H2,1-2H3,(H,26,29)/t21-/m1/s1. The van der Waals surface area contributed by atoms with Gasteiger partial charge in [0.05, 0.1) is 13.2 Å². The maximum Gasteiger partial charge on any atom is 0.269 e. The number of benzene rings is 1. The molecule has 6 nitrogen and oxygen atoms in total. The largest absolute Gasteiger partial charge is 0.497 e. The van der Waals surface area contributed by atoms with Gasteiger partial charge in [-0.3, -0.25) is 9.59 Å². The topological polar surface area (TPSA) is 77.5 Å². The van der Waals surface area contributed by atoms with Gasteiger partial charge in [0.1, 0.15) is 11.4 Å². The predicted octanol–water partition coefficient (Wildman–Crippen LogP) is 4.35. The van der Waals surface area contributed by atoms with Crippen molar-refractivity contribution in [3.63, 3.8) is 0 Å². The molecule has 2 heterocycles. The van der Waals surface area contributed by atoms with Crippen LogP contribution in [0, 0.1) is 0 Å². The lowest BCUT2D eigenvalue weighted by atomic mass is 9.99. The van der Waals surface area contributed by atoms with Gasteiger partial charge >= 0.3 is 0 Å². The van der Waals surface area contributed by atoms with E-state index in [-0.39, 0.29) is 17.4 Å². The number of nitrogens with zero attached hydrogens (tertiary/aromatic N) is 1. The van der Waals surface area contributed by atoms with E-state index in [4.69, 9.17) is 9.47 Å². The fourth-order valence-corrected chi connectivity index (χ4v) is 3.91. The lowest BCUT2D eigenvalue weighted by Crippen LogP contribution is -2.20. The first-order chi connectivity index (χ1) is 15.1. The number of nitrogens with one attached hydrogen (secondary N) is 1. The van der Waals surface area contributed by atoms with Crippen molar-refractivity contribution in [1.29, 1.82) is 0 Å². The zero-order valence-corrected chi connectivity index (χ0v) is 18.5. The number of amides is 1. The number of pyridine rings is 1. The van der Waals surface area contributed by atoms with Crippen LogP contribution in [-0.2, 0) is 11.2 Å². The van der Waals surface area contributed by atoms with Gasteiger partial charge in [-0.15, -0.1) is 0 Å². The first-order valence-corrected chi connectivity index (χ1v) is 11.1. The molecule has 1 saturated heterocycles. The Morgan fingerprint density at radius 3 is 2.81 bits per heavy atom. The molecule has 1 amide bonds. The fraction of sp³-hybridized carbons (Fsp3) is 0.480. The molecular formula is C25H32N2O4. The third-order valence-corrected chi connectivity index (χ3v) is 5.63. The van der Waals surface area contributed by atoms with E-state index in [1.54, 1.807) is 26.3 Å². The van der Waals surface area contributed by atoms with Crippen molar-refractivity contribution in [3.8, 4) is 5.75 Å². The van der Waals surface area contributed by atoms with Crippen molar-refractivity contribution >= 4 is 11.7 Å². The summed E-state index contributed by atoms with van der Waals surface area (Å²) in [5, 5.41) is 2.60. The molecule has 1 atom stereocenters. The van der Waals surface area contributed by atoms with Crippen molar-refractivity contribution in [2.75, 3.05) is 20.8 Å². The van der Waals surface area contributed by atoms with Crippen LogP contribution in [-0.4, -0.2) is 43.5 Å². The van der Waals surface area contributed by atoms with Gasteiger partial charge in [-0.05, 0) is 61.9 Å². The molecule has 0 unspecified atom stereocenters. The highest BCUT2D eigenvalue weighted by Crippen LogP contribution is 2.20. The second kappa shape index (κ2) is 11.6. The van der Waals surface area contributed by atoms with Gasteiger partial charge < -0.3 is 14.8 Å². The van der Waals surface area contributed by atoms with Crippen LogP contribution in [0.3, 0.4) is 0 Å². The Morgan fingerprint density at radius 1 is 1.19 bits per heavy atom. The highest BCUT2D eigenvalue weighted by atomic mass is 16.5. The maximum atomic E-state index is 12.9. The van der Waals surface area contributed by atoms with Crippen LogP contribution >= 0.6 is 0 Å². The molecule has 166 valence electrons. The number of unbranched alkanes of at least 4 members (excludes halogenated alkanes) is 1. The number of rotatable bonds is 10. The highest BCUT2D eigenvalue weighted by Gasteiger charge is 2.16. The van der Waals surface area contributed by atoms with Gasteiger partial charge in [0, 0.05) is 37.8 Å². The van der Waals surface area contributed by atoms with Gasteiger partial charge in [-0.25, -0.2) is 4.98 Å². The second-order valence-electron chi connectivity index (χ2n) is 8.00. The van der Waals surface area contributed by atoms with E-state index in [9.17, 15) is 9.59 Å². The lowest BCUT2D eigenvalue weighted by Gasteiger charge is -2.22. The van der Waals surface area contributed by atoms with Crippen LogP contribution in [0.4, 0.5) is 0 Å². The molecule has 0 radical (unpaired) electrons. The van der Waals surface area contributed by atoms with E-state index in [1.807, 2.05) is 24.3 Å². The summed E-state index contributed by atoms with van der Waals surface area (Å²) < 4.78 is 11.1. The molecule has 2 aromatic rings. The van der Waals surface area contributed by atoms with Crippen LogP contribution in [0.5, 0.6) is 5.75 Å². The second-order valence-corrected chi connectivity index (χ2v) is 8.00. The Bertz CT molecular complexity index is 891. The minimum Gasteiger partial charge on any atom is -0.497 e. The van der Waals surface area contributed by atoms with E-state index in [0.29, 0.717) is 30.2 Å². The minimum absolute atomic E-state index is 0.0454. The summed E-state index contributed by atoms with van der Waals surface area (Å²) in [4.78, 5) is 29.5. The first kappa shape index (κ1) is 22.9. The van der Waals surface area contributed by atoms with Gasteiger partial charge in [0.25, 0.3) is 5.91 Å². The van der Waals surface area contributed by atoms with Crippen molar-refractivity contribution < 1.29 is 19.1 Å². The number of hydrogen-bond donors (Lipinski definition) is 1.